The predicted molar refractivity (Wildman–Crippen MR) is 91.9 cm³/mol. The van der Waals surface area contributed by atoms with Crippen LogP contribution in [-0.4, -0.2) is 25.2 Å². The van der Waals surface area contributed by atoms with E-state index in [0.29, 0.717) is 0 Å². The van der Waals surface area contributed by atoms with Crippen molar-refractivity contribution in [2.24, 2.45) is 0 Å². The molecule has 8 heteroatoms. The fraction of sp³-hybridized carbons (Fsp3) is 0.200. The van der Waals surface area contributed by atoms with Crippen LogP contribution in [0.15, 0.2) is 58.3 Å². The Kier molecular flexibility index (Phi) is 5.73. The number of halogens is 1. The van der Waals surface area contributed by atoms with Gasteiger partial charge in [0.2, 0.25) is 9.84 Å². The van der Waals surface area contributed by atoms with Gasteiger partial charge in [-0.05, 0) is 42.8 Å². The van der Waals surface area contributed by atoms with Crippen LogP contribution in [0, 0.1) is 10.1 Å². The lowest BCUT2D eigenvalue weighted by Crippen LogP contribution is -2.04. The summed E-state index contributed by atoms with van der Waals surface area (Å²) < 4.78 is 25.0. The van der Waals surface area contributed by atoms with Gasteiger partial charge in [-0.3, -0.25) is 10.1 Å². The standard InChI is InChI=1S/C15H15BrN2O4S/c16-10-1-11-17-12-2-6-14(7-3-12)23(21,22)15-8-4-13(5-9-15)18(19)20/h2-9,17H,1,10-11H2. The first-order valence-corrected chi connectivity index (χ1v) is 9.45. The van der Waals surface area contributed by atoms with Gasteiger partial charge < -0.3 is 5.32 Å². The number of non-ortho nitro benzene ring substituents is 1. The molecule has 122 valence electrons. The highest BCUT2D eigenvalue weighted by molar-refractivity contribution is 9.09. The third-order valence-electron chi connectivity index (χ3n) is 3.16. The van der Waals surface area contributed by atoms with Gasteiger partial charge in [0.25, 0.3) is 5.69 Å². The summed E-state index contributed by atoms with van der Waals surface area (Å²) in [5.74, 6) is 0. The van der Waals surface area contributed by atoms with E-state index in [1.54, 1.807) is 12.1 Å². The molecule has 0 atom stereocenters. The molecule has 0 fully saturated rings. The molecule has 0 heterocycles. The lowest BCUT2D eigenvalue weighted by atomic mass is 10.3. The van der Waals surface area contributed by atoms with Crippen LogP contribution in [0.1, 0.15) is 6.42 Å². The summed E-state index contributed by atoms with van der Waals surface area (Å²) in [5.41, 5.74) is 0.698. The van der Waals surface area contributed by atoms with Crippen LogP contribution in [0.2, 0.25) is 0 Å². The lowest BCUT2D eigenvalue weighted by molar-refractivity contribution is -0.384. The van der Waals surface area contributed by atoms with Gasteiger partial charge >= 0.3 is 0 Å². The lowest BCUT2D eigenvalue weighted by Gasteiger charge is -2.08. The minimum Gasteiger partial charge on any atom is -0.385 e. The molecule has 6 nitrogen and oxygen atoms in total. The number of nitrogens with zero attached hydrogens (tertiary/aromatic N) is 1. The van der Waals surface area contributed by atoms with Gasteiger partial charge in [0.1, 0.15) is 0 Å². The van der Waals surface area contributed by atoms with Crippen molar-refractivity contribution >= 4 is 37.1 Å². The molecule has 0 aliphatic carbocycles. The fourth-order valence-electron chi connectivity index (χ4n) is 1.93. The minimum atomic E-state index is -3.68. The second-order valence-corrected chi connectivity index (χ2v) is 7.49. The van der Waals surface area contributed by atoms with Crippen molar-refractivity contribution in [1.29, 1.82) is 0 Å². The topological polar surface area (TPSA) is 89.3 Å². The molecule has 0 radical (unpaired) electrons. The summed E-state index contributed by atoms with van der Waals surface area (Å²) >= 11 is 3.34. The van der Waals surface area contributed by atoms with E-state index in [4.69, 9.17) is 0 Å². The average Bonchev–Trinajstić information content (AvgIpc) is 2.55. The summed E-state index contributed by atoms with van der Waals surface area (Å²) in [7, 11) is -3.68. The first-order chi connectivity index (χ1) is 10.9. The largest absolute Gasteiger partial charge is 0.385 e. The average molecular weight is 399 g/mol. The molecular formula is C15H15BrN2O4S. The summed E-state index contributed by atoms with van der Waals surface area (Å²) in [6, 6.07) is 11.3. The van der Waals surface area contributed by atoms with Crippen LogP contribution in [0.4, 0.5) is 11.4 Å². The molecule has 0 unspecified atom stereocenters. The van der Waals surface area contributed by atoms with E-state index in [0.717, 1.165) is 24.0 Å². The summed E-state index contributed by atoms with van der Waals surface area (Å²) in [4.78, 5) is 10.2. The van der Waals surface area contributed by atoms with Crippen LogP contribution in [0.5, 0.6) is 0 Å². The zero-order valence-electron chi connectivity index (χ0n) is 12.1. The summed E-state index contributed by atoms with van der Waals surface area (Å²) in [6.45, 7) is 0.791. The van der Waals surface area contributed by atoms with Crippen molar-refractivity contribution in [2.45, 2.75) is 16.2 Å². The number of sulfone groups is 1. The van der Waals surface area contributed by atoms with Crippen molar-refractivity contribution in [1.82, 2.24) is 0 Å². The monoisotopic (exact) mass is 398 g/mol. The predicted octanol–water partition coefficient (Wildman–Crippen LogP) is 3.62. The summed E-state index contributed by atoms with van der Waals surface area (Å²) in [6.07, 6.45) is 0.961. The van der Waals surface area contributed by atoms with E-state index in [9.17, 15) is 18.5 Å². The van der Waals surface area contributed by atoms with Gasteiger partial charge in [-0.2, -0.15) is 0 Å². The van der Waals surface area contributed by atoms with Gasteiger partial charge in [0.05, 0.1) is 14.7 Å². The number of hydrogen-bond donors (Lipinski definition) is 1. The number of hydrogen-bond acceptors (Lipinski definition) is 5. The molecule has 1 N–H and O–H groups in total. The third-order valence-corrected chi connectivity index (χ3v) is 5.51. The Morgan fingerprint density at radius 3 is 2.00 bits per heavy atom. The first kappa shape index (κ1) is 17.4. The van der Waals surface area contributed by atoms with Crippen molar-refractivity contribution < 1.29 is 13.3 Å². The summed E-state index contributed by atoms with van der Waals surface area (Å²) in [5, 5.41) is 14.7. The highest BCUT2D eigenvalue weighted by Crippen LogP contribution is 2.24. The Hall–Kier alpha value is -1.93. The second kappa shape index (κ2) is 7.56. The molecular weight excluding hydrogens is 384 g/mol. The van der Waals surface area contributed by atoms with Crippen LogP contribution in [0.25, 0.3) is 0 Å². The first-order valence-electron chi connectivity index (χ1n) is 6.84. The molecule has 23 heavy (non-hydrogen) atoms. The number of alkyl halides is 1. The highest BCUT2D eigenvalue weighted by atomic mass is 79.9. The van der Waals surface area contributed by atoms with E-state index < -0.39 is 14.8 Å². The van der Waals surface area contributed by atoms with Crippen LogP contribution in [-0.2, 0) is 9.84 Å². The normalized spacial score (nSPS) is 11.2. The van der Waals surface area contributed by atoms with Gasteiger partial charge in [0.15, 0.2) is 0 Å². The molecule has 0 aliphatic heterocycles. The van der Waals surface area contributed by atoms with Crippen LogP contribution >= 0.6 is 15.9 Å². The fourth-order valence-corrected chi connectivity index (χ4v) is 3.48. The van der Waals surface area contributed by atoms with E-state index in [1.165, 1.54) is 36.4 Å². The van der Waals surface area contributed by atoms with Gasteiger partial charge in [0, 0.05) is 29.7 Å². The van der Waals surface area contributed by atoms with Gasteiger partial charge in [-0.25, -0.2) is 8.42 Å². The quantitative estimate of drug-likeness (QED) is 0.332. The molecule has 2 rings (SSSR count). The number of benzene rings is 2. The zero-order chi connectivity index (χ0) is 16.9. The Morgan fingerprint density at radius 2 is 1.52 bits per heavy atom. The highest BCUT2D eigenvalue weighted by Gasteiger charge is 2.18. The van der Waals surface area contributed by atoms with Crippen molar-refractivity contribution in [3.63, 3.8) is 0 Å². The Morgan fingerprint density at radius 1 is 1.00 bits per heavy atom. The van der Waals surface area contributed by atoms with E-state index in [-0.39, 0.29) is 15.5 Å². The minimum absolute atomic E-state index is 0.0306. The molecule has 2 aromatic carbocycles. The number of rotatable bonds is 7. The van der Waals surface area contributed by atoms with Gasteiger partial charge in [-0.1, -0.05) is 15.9 Å². The molecule has 0 spiro atoms. The zero-order valence-corrected chi connectivity index (χ0v) is 14.5. The Labute approximate surface area is 142 Å². The Bertz CT molecular complexity index is 774. The number of anilines is 1. The van der Waals surface area contributed by atoms with E-state index in [1.807, 2.05) is 0 Å². The molecule has 0 aromatic heterocycles. The van der Waals surface area contributed by atoms with Crippen molar-refractivity contribution in [3.8, 4) is 0 Å². The van der Waals surface area contributed by atoms with Crippen LogP contribution < -0.4 is 5.32 Å². The maximum atomic E-state index is 12.5. The maximum absolute atomic E-state index is 12.5. The molecule has 0 saturated carbocycles. The molecule has 0 bridgehead atoms. The maximum Gasteiger partial charge on any atom is 0.269 e. The third kappa shape index (κ3) is 4.29. The second-order valence-electron chi connectivity index (χ2n) is 4.75. The van der Waals surface area contributed by atoms with Crippen LogP contribution in [0.3, 0.4) is 0 Å². The Balaban J connectivity index is 2.20. The van der Waals surface area contributed by atoms with E-state index in [2.05, 4.69) is 21.2 Å². The molecule has 0 saturated heterocycles. The number of nitrogens with one attached hydrogen (secondary N) is 1. The molecule has 2 aromatic rings. The van der Waals surface area contributed by atoms with Gasteiger partial charge in [-0.15, -0.1) is 0 Å². The van der Waals surface area contributed by atoms with E-state index >= 15 is 0 Å². The number of nitro benzene ring substituents is 1. The molecule has 0 amide bonds. The SMILES string of the molecule is O=[N+]([O-])c1ccc(S(=O)(=O)c2ccc(NCCCBr)cc2)cc1. The van der Waals surface area contributed by atoms with Crippen molar-refractivity contribution in [2.75, 3.05) is 17.2 Å². The smallest absolute Gasteiger partial charge is 0.269 e. The van der Waals surface area contributed by atoms with Crippen molar-refractivity contribution in [3.05, 3.63) is 58.6 Å². The molecule has 0 aliphatic rings. The number of nitro groups is 1.